The number of hydrogen-bond acceptors (Lipinski definition) is 3. The highest BCUT2D eigenvalue weighted by atomic mass is 16.6. The van der Waals surface area contributed by atoms with E-state index in [2.05, 4.69) is 6.58 Å². The molecule has 3 heteroatoms. The first-order valence-corrected chi connectivity index (χ1v) is 4.46. The topological polar surface area (TPSA) is 35.5 Å². The van der Waals surface area contributed by atoms with Crippen molar-refractivity contribution in [3.63, 3.8) is 0 Å². The van der Waals surface area contributed by atoms with Gasteiger partial charge in [0.05, 0.1) is 0 Å². The Morgan fingerprint density at radius 1 is 1.69 bits per heavy atom. The van der Waals surface area contributed by atoms with E-state index in [9.17, 15) is 4.79 Å². The third kappa shape index (κ3) is 1.91. The van der Waals surface area contributed by atoms with Gasteiger partial charge in [0.1, 0.15) is 12.7 Å². The second kappa shape index (κ2) is 3.50. The predicted molar refractivity (Wildman–Crippen MR) is 49.3 cm³/mol. The van der Waals surface area contributed by atoms with Crippen LogP contribution in [0.2, 0.25) is 0 Å². The Balaban J connectivity index is 2.83. The molecule has 1 saturated heterocycles. The molecule has 13 heavy (non-hydrogen) atoms. The molecular formula is C10H16O3. The van der Waals surface area contributed by atoms with E-state index < -0.39 is 5.60 Å². The Morgan fingerprint density at radius 3 is 2.77 bits per heavy atom. The van der Waals surface area contributed by atoms with Gasteiger partial charge in [0.15, 0.2) is 5.60 Å². The lowest BCUT2D eigenvalue weighted by atomic mass is 9.89. The lowest BCUT2D eigenvalue weighted by molar-refractivity contribution is -0.201. The molecule has 1 heterocycles. The average Bonchev–Trinajstić information content (AvgIpc) is 2.03. The van der Waals surface area contributed by atoms with Crippen molar-refractivity contribution in [2.24, 2.45) is 5.92 Å². The molecule has 0 radical (unpaired) electrons. The molecule has 0 saturated carbocycles. The van der Waals surface area contributed by atoms with E-state index in [-0.39, 0.29) is 18.7 Å². The molecular weight excluding hydrogens is 168 g/mol. The van der Waals surface area contributed by atoms with Crippen LogP contribution in [0.5, 0.6) is 0 Å². The minimum atomic E-state index is -0.677. The summed E-state index contributed by atoms with van der Waals surface area (Å²) < 4.78 is 10.6. The summed E-state index contributed by atoms with van der Waals surface area (Å²) in [5.41, 5.74) is -0.677. The predicted octanol–water partition coefficient (Wildman–Crippen LogP) is 1.53. The zero-order valence-corrected chi connectivity index (χ0v) is 8.37. The Hall–Kier alpha value is -0.830. The lowest BCUT2D eigenvalue weighted by Crippen LogP contribution is -2.51. The number of rotatable bonds is 2. The third-order valence-electron chi connectivity index (χ3n) is 2.29. The van der Waals surface area contributed by atoms with Crippen LogP contribution in [0, 0.1) is 5.92 Å². The molecule has 0 aromatic carbocycles. The molecule has 2 atom stereocenters. The molecule has 0 aromatic rings. The van der Waals surface area contributed by atoms with Crippen molar-refractivity contribution in [3.05, 3.63) is 12.7 Å². The van der Waals surface area contributed by atoms with Gasteiger partial charge in [0, 0.05) is 0 Å². The van der Waals surface area contributed by atoms with Crippen LogP contribution in [-0.2, 0) is 14.3 Å². The molecule has 0 N–H and O–H groups in total. The molecule has 0 unspecified atom stereocenters. The van der Waals surface area contributed by atoms with Crippen LogP contribution in [0.4, 0.5) is 0 Å². The molecule has 0 amide bonds. The zero-order chi connectivity index (χ0) is 10.1. The quantitative estimate of drug-likeness (QED) is 0.482. The SMILES string of the molecule is C=C[C@@]1(C)OC(=O)CO[C@H]1C(C)C. The van der Waals surface area contributed by atoms with Gasteiger partial charge in [0.25, 0.3) is 0 Å². The highest BCUT2D eigenvalue weighted by Crippen LogP contribution is 2.29. The van der Waals surface area contributed by atoms with Crippen molar-refractivity contribution in [1.82, 2.24) is 0 Å². The number of hydrogen-bond donors (Lipinski definition) is 0. The number of cyclic esters (lactones) is 1. The van der Waals surface area contributed by atoms with Gasteiger partial charge in [-0.05, 0) is 18.9 Å². The van der Waals surface area contributed by atoms with E-state index in [1.54, 1.807) is 6.08 Å². The summed E-state index contributed by atoms with van der Waals surface area (Å²) in [6, 6.07) is 0. The van der Waals surface area contributed by atoms with Crippen LogP contribution < -0.4 is 0 Å². The van der Waals surface area contributed by atoms with Crippen LogP contribution >= 0.6 is 0 Å². The van der Waals surface area contributed by atoms with Crippen LogP contribution in [0.3, 0.4) is 0 Å². The molecule has 1 rings (SSSR count). The van der Waals surface area contributed by atoms with E-state index in [1.165, 1.54) is 0 Å². The highest BCUT2D eigenvalue weighted by Gasteiger charge is 2.42. The molecule has 1 fully saturated rings. The van der Waals surface area contributed by atoms with Crippen molar-refractivity contribution in [1.29, 1.82) is 0 Å². The van der Waals surface area contributed by atoms with Gasteiger partial charge in [-0.2, -0.15) is 0 Å². The van der Waals surface area contributed by atoms with Crippen LogP contribution in [-0.4, -0.2) is 24.3 Å². The Kier molecular flexibility index (Phi) is 2.76. The fourth-order valence-corrected chi connectivity index (χ4v) is 1.67. The van der Waals surface area contributed by atoms with Crippen LogP contribution in [0.1, 0.15) is 20.8 Å². The van der Waals surface area contributed by atoms with Gasteiger partial charge in [-0.1, -0.05) is 20.4 Å². The van der Waals surface area contributed by atoms with Gasteiger partial charge >= 0.3 is 5.97 Å². The molecule has 0 aromatic heterocycles. The number of carbonyl (C=O) groups is 1. The minimum absolute atomic E-state index is 0.0479. The summed E-state index contributed by atoms with van der Waals surface area (Å²) in [5, 5.41) is 0. The van der Waals surface area contributed by atoms with Gasteiger partial charge in [-0.15, -0.1) is 0 Å². The summed E-state index contributed by atoms with van der Waals surface area (Å²) in [6.07, 6.45) is 1.54. The second-order valence-corrected chi connectivity index (χ2v) is 3.84. The van der Waals surface area contributed by atoms with Gasteiger partial charge in [0.2, 0.25) is 0 Å². The summed E-state index contributed by atoms with van der Waals surface area (Å²) in [7, 11) is 0. The summed E-state index contributed by atoms with van der Waals surface area (Å²) in [6.45, 7) is 9.60. The summed E-state index contributed by atoms with van der Waals surface area (Å²) >= 11 is 0. The first-order valence-electron chi connectivity index (χ1n) is 4.46. The average molecular weight is 184 g/mol. The van der Waals surface area contributed by atoms with E-state index >= 15 is 0 Å². The zero-order valence-electron chi connectivity index (χ0n) is 8.37. The van der Waals surface area contributed by atoms with E-state index in [0.717, 1.165) is 0 Å². The molecule has 74 valence electrons. The smallest absolute Gasteiger partial charge is 0.333 e. The van der Waals surface area contributed by atoms with Crippen molar-refractivity contribution in [2.45, 2.75) is 32.5 Å². The third-order valence-corrected chi connectivity index (χ3v) is 2.29. The number of ether oxygens (including phenoxy) is 2. The summed E-state index contributed by atoms with van der Waals surface area (Å²) in [5.74, 6) is -0.0181. The van der Waals surface area contributed by atoms with Gasteiger partial charge < -0.3 is 9.47 Å². The normalized spacial score (nSPS) is 34.5. The Morgan fingerprint density at radius 2 is 2.31 bits per heavy atom. The minimum Gasteiger partial charge on any atom is -0.451 e. The van der Waals surface area contributed by atoms with Gasteiger partial charge in [-0.3, -0.25) is 0 Å². The van der Waals surface area contributed by atoms with Crippen LogP contribution in [0.25, 0.3) is 0 Å². The molecule has 1 aliphatic rings. The maximum absolute atomic E-state index is 11.0. The van der Waals surface area contributed by atoms with E-state index in [1.807, 2.05) is 20.8 Å². The maximum atomic E-state index is 11.0. The van der Waals surface area contributed by atoms with Crippen LogP contribution in [0.15, 0.2) is 12.7 Å². The highest BCUT2D eigenvalue weighted by molar-refractivity contribution is 5.72. The second-order valence-electron chi connectivity index (χ2n) is 3.84. The van der Waals surface area contributed by atoms with Crippen molar-refractivity contribution >= 4 is 5.97 Å². The Bertz CT molecular complexity index is 222. The lowest BCUT2D eigenvalue weighted by Gasteiger charge is -2.40. The first kappa shape index (κ1) is 10.3. The number of esters is 1. The molecule has 1 aliphatic heterocycles. The van der Waals surface area contributed by atoms with Crippen molar-refractivity contribution in [2.75, 3.05) is 6.61 Å². The standard InChI is InChI=1S/C10H16O3/c1-5-10(4)9(7(2)3)12-6-8(11)13-10/h5,7,9H,1,6H2,2-4H3/t9-,10+/m0/s1. The molecule has 3 nitrogen and oxygen atoms in total. The number of carbonyl (C=O) groups excluding carboxylic acids is 1. The largest absolute Gasteiger partial charge is 0.451 e. The molecule has 0 bridgehead atoms. The maximum Gasteiger partial charge on any atom is 0.333 e. The Labute approximate surface area is 78.7 Å². The van der Waals surface area contributed by atoms with Gasteiger partial charge in [-0.25, -0.2) is 4.79 Å². The first-order chi connectivity index (χ1) is 5.99. The van der Waals surface area contributed by atoms with Crippen molar-refractivity contribution in [3.8, 4) is 0 Å². The molecule has 0 aliphatic carbocycles. The molecule has 0 spiro atoms. The van der Waals surface area contributed by atoms with E-state index in [4.69, 9.17) is 9.47 Å². The fraction of sp³-hybridized carbons (Fsp3) is 0.700. The van der Waals surface area contributed by atoms with Crippen molar-refractivity contribution < 1.29 is 14.3 Å². The summed E-state index contributed by atoms with van der Waals surface area (Å²) in [4.78, 5) is 11.0. The fourth-order valence-electron chi connectivity index (χ4n) is 1.67. The van der Waals surface area contributed by atoms with E-state index in [0.29, 0.717) is 5.92 Å². The monoisotopic (exact) mass is 184 g/mol.